The molecule has 0 saturated heterocycles. The van der Waals surface area contributed by atoms with E-state index < -0.39 is 0 Å². The van der Waals surface area contributed by atoms with E-state index in [2.05, 4.69) is 28.6 Å². The Bertz CT molecular complexity index is 334. The third-order valence-electron chi connectivity index (χ3n) is 1.71. The summed E-state index contributed by atoms with van der Waals surface area (Å²) in [5.41, 5.74) is 1.62. The lowest BCUT2D eigenvalue weighted by Crippen LogP contribution is -1.87. The number of hydrogen-bond donors (Lipinski definition) is 1. The lowest BCUT2D eigenvalue weighted by molar-refractivity contribution is 0.623. The quantitative estimate of drug-likeness (QED) is 0.768. The van der Waals surface area contributed by atoms with Crippen molar-refractivity contribution in [3.05, 3.63) is 39.6 Å². The zero-order chi connectivity index (χ0) is 9.84. The van der Waals surface area contributed by atoms with Gasteiger partial charge < -0.3 is 0 Å². The normalized spacial score (nSPS) is 11.1. The molecular weight excluding hydrogens is 251 g/mol. The largest absolute Gasteiger partial charge is 0.206 e. The summed E-state index contributed by atoms with van der Waals surface area (Å²) in [6, 6.07) is 3.22. The van der Waals surface area contributed by atoms with Gasteiger partial charge >= 0.3 is 0 Å². The fourth-order valence-corrected chi connectivity index (χ4v) is 1.56. The van der Waals surface area contributed by atoms with Crippen molar-refractivity contribution in [3.8, 4) is 0 Å². The van der Waals surface area contributed by atoms with Crippen molar-refractivity contribution in [1.29, 1.82) is 0 Å². The van der Waals surface area contributed by atoms with Gasteiger partial charge in [0.2, 0.25) is 0 Å². The van der Waals surface area contributed by atoms with Gasteiger partial charge in [0.15, 0.2) is 0 Å². The summed E-state index contributed by atoms with van der Waals surface area (Å²) in [5, 5.41) is 0. The molecule has 1 aromatic carbocycles. The van der Waals surface area contributed by atoms with Crippen LogP contribution in [-0.4, -0.2) is 5.75 Å². The van der Waals surface area contributed by atoms with Gasteiger partial charge in [-0.25, -0.2) is 4.39 Å². The predicted octanol–water partition coefficient (Wildman–Crippen LogP) is 3.84. The van der Waals surface area contributed by atoms with Crippen LogP contribution in [0.1, 0.15) is 11.1 Å². The van der Waals surface area contributed by atoms with Crippen LogP contribution in [0.3, 0.4) is 0 Å². The molecule has 0 amide bonds. The van der Waals surface area contributed by atoms with Crippen LogP contribution < -0.4 is 0 Å². The number of benzene rings is 1. The summed E-state index contributed by atoms with van der Waals surface area (Å²) in [6.45, 7) is 1.93. The molecule has 0 aliphatic carbocycles. The highest BCUT2D eigenvalue weighted by Gasteiger charge is 2.05. The molecule has 0 aliphatic rings. The first-order valence-electron chi connectivity index (χ1n) is 3.89. The molecule has 0 bridgehead atoms. The van der Waals surface area contributed by atoms with Crippen molar-refractivity contribution in [3.63, 3.8) is 0 Å². The van der Waals surface area contributed by atoms with Gasteiger partial charge in [-0.05, 0) is 34.5 Å². The molecule has 0 N–H and O–H groups in total. The van der Waals surface area contributed by atoms with Gasteiger partial charge in [-0.2, -0.15) is 12.6 Å². The van der Waals surface area contributed by atoms with E-state index in [0.717, 1.165) is 10.0 Å². The Balaban J connectivity index is 3.17. The number of hydrogen-bond acceptors (Lipinski definition) is 1. The van der Waals surface area contributed by atoms with Crippen molar-refractivity contribution in [2.24, 2.45) is 0 Å². The van der Waals surface area contributed by atoms with E-state index in [-0.39, 0.29) is 5.82 Å². The molecule has 0 heterocycles. The molecule has 0 saturated carbocycles. The molecule has 1 aromatic rings. The average molecular weight is 261 g/mol. The van der Waals surface area contributed by atoms with Gasteiger partial charge in [0.1, 0.15) is 5.82 Å². The number of rotatable bonds is 2. The average Bonchev–Trinajstić information content (AvgIpc) is 2.12. The molecule has 0 aliphatic heterocycles. The van der Waals surface area contributed by atoms with Crippen LogP contribution in [-0.2, 0) is 0 Å². The van der Waals surface area contributed by atoms with Crippen LogP contribution in [0, 0.1) is 12.7 Å². The molecule has 13 heavy (non-hydrogen) atoms. The molecule has 0 spiro atoms. The second-order valence-electron chi connectivity index (χ2n) is 2.68. The van der Waals surface area contributed by atoms with Crippen molar-refractivity contribution >= 4 is 34.6 Å². The highest BCUT2D eigenvalue weighted by Crippen LogP contribution is 2.25. The van der Waals surface area contributed by atoms with E-state index in [1.807, 2.05) is 13.0 Å². The Morgan fingerprint density at radius 1 is 1.54 bits per heavy atom. The van der Waals surface area contributed by atoms with E-state index in [1.54, 1.807) is 12.1 Å². The summed E-state index contributed by atoms with van der Waals surface area (Å²) in [5.74, 6) is 0.398. The Kier molecular flexibility index (Phi) is 4.00. The monoisotopic (exact) mass is 260 g/mol. The van der Waals surface area contributed by atoms with Crippen LogP contribution in [0.5, 0.6) is 0 Å². The highest BCUT2D eigenvalue weighted by molar-refractivity contribution is 9.10. The maximum Gasteiger partial charge on any atom is 0.131 e. The minimum Gasteiger partial charge on any atom is -0.206 e. The summed E-state index contributed by atoms with van der Waals surface area (Å²) < 4.78 is 14.1. The Morgan fingerprint density at radius 3 is 2.85 bits per heavy atom. The maximum atomic E-state index is 13.2. The minimum absolute atomic E-state index is 0.212. The van der Waals surface area contributed by atoms with E-state index in [0.29, 0.717) is 11.3 Å². The Labute approximate surface area is 91.4 Å². The molecule has 1 rings (SSSR count). The van der Waals surface area contributed by atoms with Gasteiger partial charge in [-0.3, -0.25) is 0 Å². The van der Waals surface area contributed by atoms with E-state index >= 15 is 0 Å². The molecule has 0 aromatic heterocycles. The number of thiol groups is 1. The second kappa shape index (κ2) is 4.82. The lowest BCUT2D eigenvalue weighted by atomic mass is 10.1. The fraction of sp³-hybridized carbons (Fsp3) is 0.200. The van der Waals surface area contributed by atoms with Crippen molar-refractivity contribution in [2.45, 2.75) is 6.92 Å². The zero-order valence-electron chi connectivity index (χ0n) is 7.22. The summed E-state index contributed by atoms with van der Waals surface area (Å²) in [6.07, 6.45) is 3.55. The first-order valence-corrected chi connectivity index (χ1v) is 5.31. The van der Waals surface area contributed by atoms with Crippen LogP contribution in [0.25, 0.3) is 6.08 Å². The smallest absolute Gasteiger partial charge is 0.131 e. The van der Waals surface area contributed by atoms with Crippen molar-refractivity contribution in [2.75, 3.05) is 5.75 Å². The van der Waals surface area contributed by atoms with Crippen LogP contribution in [0.2, 0.25) is 0 Å². The third kappa shape index (κ3) is 2.58. The molecule has 70 valence electrons. The topological polar surface area (TPSA) is 0 Å². The van der Waals surface area contributed by atoms with Gasteiger partial charge in [-0.15, -0.1) is 0 Å². The SMILES string of the molecule is Cc1ccc(F)c(C=CCS)c1Br. The summed E-state index contributed by atoms with van der Waals surface area (Å²) in [4.78, 5) is 0. The van der Waals surface area contributed by atoms with Crippen LogP contribution in [0.4, 0.5) is 4.39 Å². The maximum absolute atomic E-state index is 13.2. The van der Waals surface area contributed by atoms with Gasteiger partial charge in [0, 0.05) is 15.8 Å². The second-order valence-corrected chi connectivity index (χ2v) is 3.84. The Morgan fingerprint density at radius 2 is 2.23 bits per heavy atom. The van der Waals surface area contributed by atoms with Gasteiger partial charge in [0.25, 0.3) is 0 Å². The third-order valence-corrected chi connectivity index (χ3v) is 2.97. The zero-order valence-corrected chi connectivity index (χ0v) is 9.70. The summed E-state index contributed by atoms with van der Waals surface area (Å²) in [7, 11) is 0. The van der Waals surface area contributed by atoms with E-state index in [9.17, 15) is 4.39 Å². The molecular formula is C10H10BrFS. The van der Waals surface area contributed by atoms with Crippen LogP contribution >= 0.6 is 28.6 Å². The Hall–Kier alpha value is -0.280. The molecule has 0 atom stereocenters. The first kappa shape index (κ1) is 10.8. The minimum atomic E-state index is -0.212. The summed E-state index contributed by atoms with van der Waals surface area (Å²) >= 11 is 7.37. The van der Waals surface area contributed by atoms with Crippen LogP contribution in [0.15, 0.2) is 22.7 Å². The highest BCUT2D eigenvalue weighted by atomic mass is 79.9. The first-order chi connectivity index (χ1) is 6.16. The van der Waals surface area contributed by atoms with Crippen molar-refractivity contribution < 1.29 is 4.39 Å². The lowest BCUT2D eigenvalue weighted by Gasteiger charge is -2.03. The van der Waals surface area contributed by atoms with E-state index in [1.165, 1.54) is 6.07 Å². The molecule has 0 unspecified atom stereocenters. The predicted molar refractivity (Wildman–Crippen MR) is 61.7 cm³/mol. The number of halogens is 2. The number of aryl methyl sites for hydroxylation is 1. The fourth-order valence-electron chi connectivity index (χ4n) is 1.00. The molecule has 0 nitrogen and oxygen atoms in total. The van der Waals surface area contributed by atoms with E-state index in [4.69, 9.17) is 0 Å². The molecule has 0 radical (unpaired) electrons. The molecule has 3 heteroatoms. The molecule has 0 fully saturated rings. The van der Waals surface area contributed by atoms with Crippen molar-refractivity contribution in [1.82, 2.24) is 0 Å². The van der Waals surface area contributed by atoms with Gasteiger partial charge in [-0.1, -0.05) is 18.2 Å². The standard InChI is InChI=1S/C10H10BrFS/c1-7-4-5-9(12)8(10(7)11)3-2-6-13/h2-5,13H,6H2,1H3. The van der Waals surface area contributed by atoms with Gasteiger partial charge in [0.05, 0.1) is 0 Å².